The van der Waals surface area contributed by atoms with Gasteiger partial charge in [0, 0.05) is 19.5 Å². The number of carboxylic acid groups (broad SMARTS) is 1. The average molecular weight is 457 g/mol. The number of rotatable bonds is 7. The number of nitrogens with zero attached hydrogens (tertiary/aromatic N) is 2. The van der Waals surface area contributed by atoms with Gasteiger partial charge in [0.1, 0.15) is 18.1 Å². The Labute approximate surface area is 193 Å². The summed E-state index contributed by atoms with van der Waals surface area (Å²) in [6.07, 6.45) is 4.41. The average Bonchev–Trinajstić information content (AvgIpc) is 3.59. The second-order valence-electron chi connectivity index (χ2n) is 9.12. The lowest BCUT2D eigenvalue weighted by Crippen LogP contribution is -2.56. The SMILES string of the molecule is O=C(O)C(Cc1ccccc1)NC(=O)C1CCCN1C(=O)C1CCCN1C(=O)C1CCCN1. The van der Waals surface area contributed by atoms with Crippen LogP contribution in [0.2, 0.25) is 0 Å². The molecule has 0 aliphatic carbocycles. The molecule has 1 aromatic carbocycles. The normalized spacial score (nSPS) is 25.8. The van der Waals surface area contributed by atoms with Gasteiger partial charge in [-0.25, -0.2) is 4.79 Å². The lowest BCUT2D eigenvalue weighted by molar-refractivity contribution is -0.148. The fourth-order valence-corrected chi connectivity index (χ4v) is 5.19. The molecule has 0 saturated carbocycles. The van der Waals surface area contributed by atoms with E-state index in [1.165, 1.54) is 0 Å². The molecule has 3 heterocycles. The molecule has 3 aliphatic rings. The molecule has 3 aliphatic heterocycles. The number of amides is 3. The molecular weight excluding hydrogens is 424 g/mol. The molecule has 0 bridgehead atoms. The lowest BCUT2D eigenvalue weighted by atomic mass is 10.1. The number of hydrogen-bond acceptors (Lipinski definition) is 5. The first-order valence-electron chi connectivity index (χ1n) is 11.9. The van der Waals surface area contributed by atoms with Crippen LogP contribution in [0, 0.1) is 0 Å². The molecular formula is C24H32N4O5. The Morgan fingerprint density at radius 2 is 1.61 bits per heavy atom. The minimum atomic E-state index is -1.11. The predicted molar refractivity (Wildman–Crippen MR) is 120 cm³/mol. The summed E-state index contributed by atoms with van der Waals surface area (Å²) in [5, 5.41) is 15.5. The Hall–Kier alpha value is -2.94. The molecule has 4 atom stereocenters. The van der Waals surface area contributed by atoms with E-state index in [1.54, 1.807) is 9.80 Å². The quantitative estimate of drug-likeness (QED) is 0.551. The molecule has 3 N–H and O–H groups in total. The fourth-order valence-electron chi connectivity index (χ4n) is 5.19. The third-order valence-corrected chi connectivity index (χ3v) is 6.92. The van der Waals surface area contributed by atoms with Gasteiger partial charge in [0.25, 0.3) is 0 Å². The van der Waals surface area contributed by atoms with Crippen molar-refractivity contribution in [3.05, 3.63) is 35.9 Å². The molecule has 0 aromatic heterocycles. The van der Waals surface area contributed by atoms with Crippen LogP contribution in [0.5, 0.6) is 0 Å². The Bertz CT molecular complexity index is 886. The smallest absolute Gasteiger partial charge is 0.326 e. The van der Waals surface area contributed by atoms with Gasteiger partial charge in [-0.15, -0.1) is 0 Å². The Balaban J connectivity index is 1.41. The standard InChI is InChI=1S/C24H32N4O5/c29-21(26-18(24(32)33)15-16-7-2-1-3-8-16)19-10-5-13-27(19)23(31)20-11-6-14-28(20)22(30)17-9-4-12-25-17/h1-3,7-8,17-20,25H,4-6,9-15H2,(H,26,29)(H,32,33). The van der Waals surface area contributed by atoms with Crippen molar-refractivity contribution >= 4 is 23.7 Å². The summed E-state index contributed by atoms with van der Waals surface area (Å²) in [5.41, 5.74) is 0.810. The molecule has 4 rings (SSSR count). The molecule has 3 saturated heterocycles. The van der Waals surface area contributed by atoms with Crippen molar-refractivity contribution in [1.82, 2.24) is 20.4 Å². The van der Waals surface area contributed by atoms with Gasteiger partial charge in [-0.05, 0) is 50.6 Å². The van der Waals surface area contributed by atoms with Gasteiger partial charge in [-0.3, -0.25) is 14.4 Å². The highest BCUT2D eigenvalue weighted by atomic mass is 16.4. The maximum Gasteiger partial charge on any atom is 0.326 e. The van der Waals surface area contributed by atoms with Gasteiger partial charge in [0.2, 0.25) is 17.7 Å². The summed E-state index contributed by atoms with van der Waals surface area (Å²) in [5.74, 6) is -1.79. The first-order chi connectivity index (χ1) is 16.0. The van der Waals surface area contributed by atoms with E-state index in [-0.39, 0.29) is 24.3 Å². The third-order valence-electron chi connectivity index (χ3n) is 6.92. The van der Waals surface area contributed by atoms with Gasteiger partial charge >= 0.3 is 5.97 Å². The first-order valence-corrected chi connectivity index (χ1v) is 11.9. The zero-order valence-electron chi connectivity index (χ0n) is 18.7. The van der Waals surface area contributed by atoms with E-state index in [4.69, 9.17) is 0 Å². The largest absolute Gasteiger partial charge is 0.480 e. The van der Waals surface area contributed by atoms with Gasteiger partial charge in [0.15, 0.2) is 0 Å². The van der Waals surface area contributed by atoms with Gasteiger partial charge in [0.05, 0.1) is 6.04 Å². The van der Waals surface area contributed by atoms with Gasteiger partial charge < -0.3 is 25.5 Å². The predicted octanol–water partition coefficient (Wildman–Crippen LogP) is 0.533. The number of nitrogens with one attached hydrogen (secondary N) is 2. The summed E-state index contributed by atoms with van der Waals surface area (Å²) in [4.78, 5) is 54.4. The number of aliphatic carboxylic acids is 1. The third kappa shape index (κ3) is 5.19. The molecule has 1 aromatic rings. The van der Waals surface area contributed by atoms with Crippen LogP contribution in [0.15, 0.2) is 30.3 Å². The van der Waals surface area contributed by atoms with E-state index >= 15 is 0 Å². The number of carbonyl (C=O) groups excluding carboxylic acids is 3. The second kappa shape index (κ2) is 10.3. The number of likely N-dealkylation sites (tertiary alicyclic amines) is 2. The van der Waals surface area contributed by atoms with Crippen molar-refractivity contribution in [3.8, 4) is 0 Å². The van der Waals surface area contributed by atoms with E-state index in [2.05, 4.69) is 10.6 Å². The minimum Gasteiger partial charge on any atom is -0.480 e. The highest BCUT2D eigenvalue weighted by molar-refractivity contribution is 5.95. The zero-order valence-corrected chi connectivity index (χ0v) is 18.7. The molecule has 9 nitrogen and oxygen atoms in total. The van der Waals surface area contributed by atoms with Crippen molar-refractivity contribution in [2.45, 2.75) is 69.1 Å². The van der Waals surface area contributed by atoms with Crippen molar-refractivity contribution in [2.24, 2.45) is 0 Å². The van der Waals surface area contributed by atoms with Gasteiger partial charge in [-0.1, -0.05) is 30.3 Å². The van der Waals surface area contributed by atoms with Crippen LogP contribution < -0.4 is 10.6 Å². The highest BCUT2D eigenvalue weighted by Crippen LogP contribution is 2.26. The molecule has 3 fully saturated rings. The summed E-state index contributed by atoms with van der Waals surface area (Å²) < 4.78 is 0. The van der Waals surface area contributed by atoms with E-state index in [0.717, 1.165) is 31.4 Å². The maximum atomic E-state index is 13.4. The number of carboxylic acids is 1. The molecule has 9 heteroatoms. The Morgan fingerprint density at radius 3 is 2.24 bits per heavy atom. The summed E-state index contributed by atoms with van der Waals surface area (Å²) >= 11 is 0. The maximum absolute atomic E-state index is 13.4. The molecule has 33 heavy (non-hydrogen) atoms. The van der Waals surface area contributed by atoms with Crippen LogP contribution in [-0.4, -0.2) is 82.4 Å². The fraction of sp³-hybridized carbons (Fsp3) is 0.583. The van der Waals surface area contributed by atoms with Crippen LogP contribution in [0.25, 0.3) is 0 Å². The van der Waals surface area contributed by atoms with Gasteiger partial charge in [-0.2, -0.15) is 0 Å². The van der Waals surface area contributed by atoms with Crippen molar-refractivity contribution in [3.63, 3.8) is 0 Å². The molecule has 4 unspecified atom stereocenters. The number of hydrogen-bond donors (Lipinski definition) is 3. The molecule has 178 valence electrons. The number of carbonyl (C=O) groups is 4. The first kappa shape index (κ1) is 23.2. The summed E-state index contributed by atoms with van der Waals surface area (Å²) in [7, 11) is 0. The van der Waals surface area contributed by atoms with Crippen LogP contribution in [-0.2, 0) is 25.6 Å². The lowest BCUT2D eigenvalue weighted by Gasteiger charge is -2.32. The van der Waals surface area contributed by atoms with Crippen molar-refractivity contribution < 1.29 is 24.3 Å². The molecule has 0 radical (unpaired) electrons. The van der Waals surface area contributed by atoms with E-state index in [0.29, 0.717) is 32.4 Å². The Kier molecular flexibility index (Phi) is 7.27. The topological polar surface area (TPSA) is 119 Å². The van der Waals surface area contributed by atoms with Crippen LogP contribution in [0.1, 0.15) is 44.1 Å². The van der Waals surface area contributed by atoms with Crippen LogP contribution >= 0.6 is 0 Å². The van der Waals surface area contributed by atoms with Crippen LogP contribution in [0.3, 0.4) is 0 Å². The van der Waals surface area contributed by atoms with Crippen molar-refractivity contribution in [1.29, 1.82) is 0 Å². The summed E-state index contributed by atoms with van der Waals surface area (Å²) in [6, 6.07) is 6.56. The van der Waals surface area contributed by atoms with E-state index in [1.807, 2.05) is 30.3 Å². The monoisotopic (exact) mass is 456 g/mol. The second-order valence-corrected chi connectivity index (χ2v) is 9.12. The zero-order chi connectivity index (χ0) is 23.4. The van der Waals surface area contributed by atoms with E-state index in [9.17, 15) is 24.3 Å². The summed E-state index contributed by atoms with van der Waals surface area (Å²) in [6.45, 7) is 1.80. The highest BCUT2D eigenvalue weighted by Gasteiger charge is 2.44. The molecule has 3 amide bonds. The van der Waals surface area contributed by atoms with E-state index < -0.39 is 30.0 Å². The Morgan fingerprint density at radius 1 is 0.939 bits per heavy atom. The molecule has 0 spiro atoms. The van der Waals surface area contributed by atoms with Crippen LogP contribution in [0.4, 0.5) is 0 Å². The number of benzene rings is 1. The minimum absolute atomic E-state index is 0.0302. The van der Waals surface area contributed by atoms with Crippen molar-refractivity contribution in [2.75, 3.05) is 19.6 Å².